The molecule has 0 bridgehead atoms. The minimum absolute atomic E-state index is 0.126. The summed E-state index contributed by atoms with van der Waals surface area (Å²) in [5.41, 5.74) is 9.26. The smallest absolute Gasteiger partial charge is 0.253 e. The molecule has 1 amide bonds. The summed E-state index contributed by atoms with van der Waals surface area (Å²) in [5.74, 6) is -0.126. The molecule has 2 aromatic rings. The normalized spacial score (nSPS) is 10.3. The number of amides is 1. The SMILES string of the molecule is CCN(CCNC(=O)c1ccccc1N)c1cccc(C)c1. The van der Waals surface area contributed by atoms with E-state index < -0.39 is 0 Å². The van der Waals surface area contributed by atoms with Gasteiger partial charge in [0.2, 0.25) is 0 Å². The lowest BCUT2D eigenvalue weighted by Gasteiger charge is -2.23. The molecule has 0 aliphatic carbocycles. The molecule has 3 N–H and O–H groups in total. The third-order valence-electron chi connectivity index (χ3n) is 3.62. The first-order valence-electron chi connectivity index (χ1n) is 7.56. The minimum Gasteiger partial charge on any atom is -0.398 e. The van der Waals surface area contributed by atoms with E-state index in [-0.39, 0.29) is 5.91 Å². The van der Waals surface area contributed by atoms with Gasteiger partial charge >= 0.3 is 0 Å². The third kappa shape index (κ3) is 4.01. The van der Waals surface area contributed by atoms with Crippen LogP contribution in [0.1, 0.15) is 22.8 Å². The Morgan fingerprint density at radius 3 is 2.64 bits per heavy atom. The van der Waals surface area contributed by atoms with E-state index in [1.807, 2.05) is 12.1 Å². The van der Waals surface area contributed by atoms with Crippen molar-refractivity contribution in [3.63, 3.8) is 0 Å². The molecular formula is C18H23N3O. The Labute approximate surface area is 131 Å². The number of aryl methyl sites for hydroxylation is 1. The van der Waals surface area contributed by atoms with Crippen LogP contribution in [-0.2, 0) is 0 Å². The molecule has 116 valence electrons. The van der Waals surface area contributed by atoms with Crippen molar-refractivity contribution in [2.45, 2.75) is 13.8 Å². The summed E-state index contributed by atoms with van der Waals surface area (Å²) in [4.78, 5) is 14.4. The highest BCUT2D eigenvalue weighted by Crippen LogP contribution is 2.15. The van der Waals surface area contributed by atoms with Gasteiger partial charge in [0.05, 0.1) is 5.56 Å². The Bertz CT molecular complexity index is 640. The molecule has 0 saturated carbocycles. The van der Waals surface area contributed by atoms with Crippen LogP contribution in [0, 0.1) is 6.92 Å². The first kappa shape index (κ1) is 15.9. The molecule has 0 unspecified atom stereocenters. The summed E-state index contributed by atoms with van der Waals surface area (Å²) in [5, 5.41) is 2.93. The highest BCUT2D eigenvalue weighted by Gasteiger charge is 2.09. The van der Waals surface area contributed by atoms with E-state index in [1.165, 1.54) is 11.3 Å². The van der Waals surface area contributed by atoms with Gasteiger partial charge in [-0.25, -0.2) is 0 Å². The van der Waals surface area contributed by atoms with Crippen molar-refractivity contribution >= 4 is 17.3 Å². The number of nitrogens with zero attached hydrogens (tertiary/aromatic N) is 1. The molecule has 4 heteroatoms. The van der Waals surface area contributed by atoms with Gasteiger partial charge in [-0.15, -0.1) is 0 Å². The van der Waals surface area contributed by atoms with E-state index in [2.05, 4.69) is 48.3 Å². The van der Waals surface area contributed by atoms with Gasteiger partial charge in [0.15, 0.2) is 0 Å². The Balaban J connectivity index is 1.92. The van der Waals surface area contributed by atoms with E-state index in [0.717, 1.165) is 13.1 Å². The Kier molecular flexibility index (Phi) is 5.42. The van der Waals surface area contributed by atoms with Crippen LogP contribution in [0.4, 0.5) is 11.4 Å². The van der Waals surface area contributed by atoms with E-state index in [1.54, 1.807) is 12.1 Å². The molecule has 0 aromatic heterocycles. The molecule has 0 heterocycles. The van der Waals surface area contributed by atoms with Crippen LogP contribution in [0.3, 0.4) is 0 Å². The molecule has 0 radical (unpaired) electrons. The summed E-state index contributed by atoms with van der Waals surface area (Å²) in [6.45, 7) is 6.43. The summed E-state index contributed by atoms with van der Waals surface area (Å²) < 4.78 is 0. The number of nitrogens with two attached hydrogens (primary N) is 1. The van der Waals surface area contributed by atoms with Crippen molar-refractivity contribution in [1.82, 2.24) is 5.32 Å². The number of benzene rings is 2. The number of nitrogens with one attached hydrogen (secondary N) is 1. The largest absolute Gasteiger partial charge is 0.398 e. The van der Waals surface area contributed by atoms with Crippen molar-refractivity contribution in [2.24, 2.45) is 0 Å². The van der Waals surface area contributed by atoms with E-state index in [4.69, 9.17) is 5.73 Å². The van der Waals surface area contributed by atoms with Crippen LogP contribution < -0.4 is 16.0 Å². The van der Waals surface area contributed by atoms with Gasteiger partial charge in [0, 0.05) is 31.0 Å². The topological polar surface area (TPSA) is 58.4 Å². The number of anilines is 2. The molecule has 4 nitrogen and oxygen atoms in total. The van der Waals surface area contributed by atoms with Gasteiger partial charge in [-0.05, 0) is 43.7 Å². The number of rotatable bonds is 6. The Morgan fingerprint density at radius 1 is 1.18 bits per heavy atom. The quantitative estimate of drug-likeness (QED) is 0.806. The summed E-state index contributed by atoms with van der Waals surface area (Å²) in [6, 6.07) is 15.5. The van der Waals surface area contributed by atoms with Crippen LogP contribution >= 0.6 is 0 Å². The number of hydrogen-bond acceptors (Lipinski definition) is 3. The molecule has 0 saturated heterocycles. The van der Waals surface area contributed by atoms with Gasteiger partial charge in [-0.1, -0.05) is 24.3 Å². The Morgan fingerprint density at radius 2 is 1.95 bits per heavy atom. The lowest BCUT2D eigenvalue weighted by Crippen LogP contribution is -2.35. The lowest BCUT2D eigenvalue weighted by atomic mass is 10.1. The lowest BCUT2D eigenvalue weighted by molar-refractivity contribution is 0.0955. The van der Waals surface area contributed by atoms with Crippen LogP contribution in [0.25, 0.3) is 0 Å². The second-order valence-corrected chi connectivity index (χ2v) is 5.26. The molecule has 0 spiro atoms. The average Bonchev–Trinajstić information content (AvgIpc) is 2.52. The highest BCUT2D eigenvalue weighted by molar-refractivity contribution is 5.99. The van der Waals surface area contributed by atoms with Gasteiger partial charge < -0.3 is 16.0 Å². The summed E-state index contributed by atoms with van der Waals surface area (Å²) in [6.07, 6.45) is 0. The maximum atomic E-state index is 12.1. The van der Waals surface area contributed by atoms with Crippen LogP contribution in [0.2, 0.25) is 0 Å². The van der Waals surface area contributed by atoms with Gasteiger partial charge in [0.1, 0.15) is 0 Å². The van der Waals surface area contributed by atoms with Crippen LogP contribution in [0.15, 0.2) is 48.5 Å². The maximum absolute atomic E-state index is 12.1. The molecule has 0 fully saturated rings. The standard InChI is InChI=1S/C18H23N3O/c1-3-21(15-8-6-7-14(2)13-15)12-11-20-18(22)16-9-4-5-10-17(16)19/h4-10,13H,3,11-12,19H2,1-2H3,(H,20,22). The molecule has 22 heavy (non-hydrogen) atoms. The fourth-order valence-corrected chi connectivity index (χ4v) is 2.40. The number of hydrogen-bond donors (Lipinski definition) is 2. The van der Waals surface area contributed by atoms with Crippen molar-refractivity contribution in [2.75, 3.05) is 30.3 Å². The zero-order chi connectivity index (χ0) is 15.9. The van der Waals surface area contributed by atoms with Gasteiger partial charge in [-0.3, -0.25) is 4.79 Å². The second kappa shape index (κ2) is 7.50. The van der Waals surface area contributed by atoms with Crippen molar-refractivity contribution < 1.29 is 4.79 Å². The second-order valence-electron chi connectivity index (χ2n) is 5.26. The molecule has 0 atom stereocenters. The highest BCUT2D eigenvalue weighted by atomic mass is 16.1. The Hall–Kier alpha value is -2.49. The first-order chi connectivity index (χ1) is 10.6. The maximum Gasteiger partial charge on any atom is 0.253 e. The van der Waals surface area contributed by atoms with Gasteiger partial charge in [-0.2, -0.15) is 0 Å². The average molecular weight is 297 g/mol. The first-order valence-corrected chi connectivity index (χ1v) is 7.56. The number of carbonyl (C=O) groups excluding carboxylic acids is 1. The zero-order valence-electron chi connectivity index (χ0n) is 13.2. The molecule has 2 rings (SSSR count). The molecule has 0 aliphatic heterocycles. The monoisotopic (exact) mass is 297 g/mol. The predicted molar refractivity (Wildman–Crippen MR) is 92.3 cm³/mol. The zero-order valence-corrected chi connectivity index (χ0v) is 13.2. The van der Waals surface area contributed by atoms with E-state index in [0.29, 0.717) is 17.8 Å². The van der Waals surface area contributed by atoms with Gasteiger partial charge in [0.25, 0.3) is 5.91 Å². The molecular weight excluding hydrogens is 274 g/mol. The number of para-hydroxylation sites is 1. The van der Waals surface area contributed by atoms with Crippen molar-refractivity contribution in [3.05, 3.63) is 59.7 Å². The van der Waals surface area contributed by atoms with E-state index >= 15 is 0 Å². The number of carbonyl (C=O) groups is 1. The number of likely N-dealkylation sites (N-methyl/N-ethyl adjacent to an activating group) is 1. The van der Waals surface area contributed by atoms with Crippen LogP contribution in [0.5, 0.6) is 0 Å². The summed E-state index contributed by atoms with van der Waals surface area (Å²) in [7, 11) is 0. The molecule has 0 aliphatic rings. The minimum atomic E-state index is -0.126. The van der Waals surface area contributed by atoms with Crippen molar-refractivity contribution in [3.8, 4) is 0 Å². The van der Waals surface area contributed by atoms with Crippen molar-refractivity contribution in [1.29, 1.82) is 0 Å². The fraction of sp³-hybridized carbons (Fsp3) is 0.278. The predicted octanol–water partition coefficient (Wildman–Crippen LogP) is 2.83. The van der Waals surface area contributed by atoms with E-state index in [9.17, 15) is 4.79 Å². The summed E-state index contributed by atoms with van der Waals surface area (Å²) >= 11 is 0. The fourth-order valence-electron chi connectivity index (χ4n) is 2.40. The third-order valence-corrected chi connectivity index (χ3v) is 3.62. The molecule has 2 aromatic carbocycles. The van der Waals surface area contributed by atoms with Crippen LogP contribution in [-0.4, -0.2) is 25.5 Å². The number of nitrogen functional groups attached to an aromatic ring is 1.